The van der Waals surface area contributed by atoms with Crippen LogP contribution in [0.25, 0.3) is 27.4 Å². The van der Waals surface area contributed by atoms with Gasteiger partial charge in [-0.3, -0.25) is 9.36 Å². The monoisotopic (exact) mass is 305 g/mol. The summed E-state index contributed by atoms with van der Waals surface area (Å²) in [6, 6.07) is 13.6. The summed E-state index contributed by atoms with van der Waals surface area (Å²) in [5.41, 5.74) is 2.64. The molecule has 23 heavy (non-hydrogen) atoms. The van der Waals surface area contributed by atoms with Crippen molar-refractivity contribution in [3.05, 3.63) is 54.9 Å². The van der Waals surface area contributed by atoms with Crippen molar-refractivity contribution in [1.29, 1.82) is 0 Å². The van der Waals surface area contributed by atoms with Crippen LogP contribution in [0.15, 0.2) is 54.9 Å². The second kappa shape index (κ2) is 4.91. The van der Waals surface area contributed by atoms with E-state index in [4.69, 9.17) is 0 Å². The number of aromatic nitrogens is 2. The lowest BCUT2D eigenvalue weighted by molar-refractivity contribution is -0.105. The summed E-state index contributed by atoms with van der Waals surface area (Å²) in [5, 5.41) is 15.9. The van der Waals surface area contributed by atoms with E-state index >= 15 is 0 Å². The summed E-state index contributed by atoms with van der Waals surface area (Å²) in [5.74, 6) is 0.156. The van der Waals surface area contributed by atoms with Gasteiger partial charge in [0, 0.05) is 41.4 Å². The van der Waals surface area contributed by atoms with Crippen molar-refractivity contribution >= 4 is 33.8 Å². The van der Waals surface area contributed by atoms with Gasteiger partial charge in [0.05, 0.1) is 5.69 Å². The Morgan fingerprint density at radius 3 is 2.74 bits per heavy atom. The quantitative estimate of drug-likeness (QED) is 0.570. The molecule has 2 heterocycles. The molecule has 4 aromatic rings. The summed E-state index contributed by atoms with van der Waals surface area (Å²) in [6.45, 7) is 0. The molecule has 0 atom stereocenters. The zero-order chi connectivity index (χ0) is 16.0. The lowest BCUT2D eigenvalue weighted by atomic mass is 10.2. The maximum absolute atomic E-state index is 10.6. The maximum atomic E-state index is 10.6. The summed E-state index contributed by atoms with van der Waals surface area (Å²) in [7, 11) is 2.00. The van der Waals surface area contributed by atoms with Crippen LogP contribution in [0.3, 0.4) is 0 Å². The van der Waals surface area contributed by atoms with E-state index in [0.717, 1.165) is 22.0 Å². The van der Waals surface area contributed by atoms with Crippen molar-refractivity contribution in [1.82, 2.24) is 9.13 Å². The third-order valence-electron chi connectivity index (χ3n) is 4.17. The van der Waals surface area contributed by atoms with Crippen LogP contribution in [0.1, 0.15) is 0 Å². The highest BCUT2D eigenvalue weighted by Crippen LogP contribution is 2.33. The number of carbonyl (C=O) groups is 1. The van der Waals surface area contributed by atoms with E-state index in [9.17, 15) is 9.90 Å². The van der Waals surface area contributed by atoms with Gasteiger partial charge in [-0.05, 0) is 35.7 Å². The fourth-order valence-electron chi connectivity index (χ4n) is 2.95. The fraction of sp³-hybridized carbons (Fsp3) is 0.0556. The van der Waals surface area contributed by atoms with Crippen LogP contribution < -0.4 is 5.32 Å². The lowest BCUT2D eigenvalue weighted by Gasteiger charge is -2.06. The molecule has 0 aliphatic rings. The van der Waals surface area contributed by atoms with Gasteiger partial charge < -0.3 is 15.0 Å². The molecule has 5 nitrogen and oxygen atoms in total. The molecule has 2 aromatic carbocycles. The highest BCUT2D eigenvalue weighted by atomic mass is 16.3. The molecule has 1 amide bonds. The molecular weight excluding hydrogens is 290 g/mol. The minimum Gasteiger partial charge on any atom is -0.494 e. The number of anilines is 1. The predicted molar refractivity (Wildman–Crippen MR) is 91.1 cm³/mol. The molecule has 0 spiro atoms. The Bertz CT molecular complexity index is 1040. The van der Waals surface area contributed by atoms with Gasteiger partial charge in [-0.2, -0.15) is 0 Å². The van der Waals surface area contributed by atoms with Gasteiger partial charge in [0.1, 0.15) is 0 Å². The van der Waals surface area contributed by atoms with Crippen LogP contribution in [-0.4, -0.2) is 20.7 Å². The Kier molecular flexibility index (Phi) is 2.87. The first-order chi connectivity index (χ1) is 11.2. The number of nitrogens with one attached hydrogen (secondary N) is 1. The minimum atomic E-state index is 0.156. The van der Waals surface area contributed by atoms with Crippen molar-refractivity contribution in [3.63, 3.8) is 0 Å². The molecule has 114 valence electrons. The number of nitrogens with zero attached hydrogens (tertiary/aromatic N) is 2. The van der Waals surface area contributed by atoms with Gasteiger partial charge in [0.2, 0.25) is 12.3 Å². The van der Waals surface area contributed by atoms with E-state index in [1.54, 1.807) is 16.7 Å². The summed E-state index contributed by atoms with van der Waals surface area (Å²) in [4.78, 5) is 10.6. The van der Waals surface area contributed by atoms with Crippen LogP contribution in [0.2, 0.25) is 0 Å². The highest BCUT2D eigenvalue weighted by molar-refractivity contribution is 5.93. The first kappa shape index (κ1) is 13.5. The number of rotatable bonds is 3. The average Bonchev–Trinajstić information content (AvgIpc) is 3.09. The van der Waals surface area contributed by atoms with E-state index in [1.807, 2.05) is 48.3 Å². The van der Waals surface area contributed by atoms with Gasteiger partial charge in [0.15, 0.2) is 0 Å². The van der Waals surface area contributed by atoms with E-state index < -0.39 is 0 Å². The largest absolute Gasteiger partial charge is 0.494 e. The molecule has 0 aliphatic heterocycles. The fourth-order valence-corrected chi connectivity index (χ4v) is 2.95. The summed E-state index contributed by atoms with van der Waals surface area (Å²) < 4.78 is 3.80. The Morgan fingerprint density at radius 1 is 1.09 bits per heavy atom. The number of hydrogen-bond acceptors (Lipinski definition) is 2. The lowest BCUT2D eigenvalue weighted by Crippen LogP contribution is -1.93. The Morgan fingerprint density at radius 2 is 1.91 bits per heavy atom. The molecule has 0 unspecified atom stereocenters. The number of amides is 1. The molecule has 0 fully saturated rings. The average molecular weight is 305 g/mol. The predicted octanol–water partition coefficient (Wildman–Crippen LogP) is 3.40. The van der Waals surface area contributed by atoms with E-state index in [1.165, 1.54) is 0 Å². The van der Waals surface area contributed by atoms with Crippen molar-refractivity contribution in [2.24, 2.45) is 7.05 Å². The Balaban J connectivity index is 1.91. The molecule has 5 heteroatoms. The SMILES string of the molecule is Cn1ccc2ccc(-n3cc4ccc(NC=O)cc4c3O)cc21. The Labute approximate surface area is 132 Å². The Hall–Kier alpha value is -3.21. The first-order valence-corrected chi connectivity index (χ1v) is 7.27. The number of carbonyl (C=O) groups excluding carboxylic acids is 1. The molecule has 0 saturated heterocycles. The van der Waals surface area contributed by atoms with Crippen molar-refractivity contribution in [2.45, 2.75) is 0 Å². The molecule has 0 bridgehead atoms. The van der Waals surface area contributed by atoms with Crippen LogP contribution >= 0.6 is 0 Å². The number of fused-ring (bicyclic) bond motifs is 2. The molecule has 0 aliphatic carbocycles. The molecule has 4 rings (SSSR count). The second-order valence-corrected chi connectivity index (χ2v) is 5.56. The minimum absolute atomic E-state index is 0.156. The van der Waals surface area contributed by atoms with Crippen LogP contribution in [-0.2, 0) is 11.8 Å². The standard InChI is InChI=1S/C18H15N3O2/c1-20-7-6-12-3-5-15(9-17(12)20)21-10-13-2-4-14(19-11-22)8-16(13)18(21)23/h2-11,23H,1H3,(H,19,22). The van der Waals surface area contributed by atoms with Crippen molar-refractivity contribution < 1.29 is 9.90 Å². The van der Waals surface area contributed by atoms with Crippen molar-refractivity contribution in [3.8, 4) is 11.6 Å². The van der Waals surface area contributed by atoms with E-state index in [-0.39, 0.29) is 5.88 Å². The molecule has 2 N–H and O–H groups in total. The smallest absolute Gasteiger partial charge is 0.211 e. The normalized spacial score (nSPS) is 11.2. The van der Waals surface area contributed by atoms with Crippen LogP contribution in [0, 0.1) is 0 Å². The van der Waals surface area contributed by atoms with E-state index in [2.05, 4.69) is 11.4 Å². The van der Waals surface area contributed by atoms with Crippen LogP contribution in [0.5, 0.6) is 5.88 Å². The topological polar surface area (TPSA) is 59.2 Å². The molecule has 0 saturated carbocycles. The number of aryl methyl sites for hydroxylation is 1. The number of aromatic hydroxyl groups is 1. The highest BCUT2D eigenvalue weighted by Gasteiger charge is 2.11. The van der Waals surface area contributed by atoms with Gasteiger partial charge in [0.25, 0.3) is 0 Å². The van der Waals surface area contributed by atoms with Gasteiger partial charge in [-0.25, -0.2) is 0 Å². The van der Waals surface area contributed by atoms with Crippen molar-refractivity contribution in [2.75, 3.05) is 5.32 Å². The van der Waals surface area contributed by atoms with Gasteiger partial charge in [-0.15, -0.1) is 0 Å². The van der Waals surface area contributed by atoms with Gasteiger partial charge >= 0.3 is 0 Å². The third kappa shape index (κ3) is 2.05. The van der Waals surface area contributed by atoms with Gasteiger partial charge in [-0.1, -0.05) is 12.1 Å². The number of hydrogen-bond donors (Lipinski definition) is 2. The molecule has 2 aromatic heterocycles. The maximum Gasteiger partial charge on any atom is 0.211 e. The van der Waals surface area contributed by atoms with E-state index in [0.29, 0.717) is 17.5 Å². The van der Waals surface area contributed by atoms with Crippen LogP contribution in [0.4, 0.5) is 5.69 Å². The summed E-state index contributed by atoms with van der Waals surface area (Å²) >= 11 is 0. The molecule has 0 radical (unpaired) electrons. The zero-order valence-electron chi connectivity index (χ0n) is 12.5. The molecular formula is C18H15N3O2. The summed E-state index contributed by atoms with van der Waals surface area (Å²) in [6.07, 6.45) is 4.52. The number of benzene rings is 2. The third-order valence-corrected chi connectivity index (χ3v) is 4.17. The first-order valence-electron chi connectivity index (χ1n) is 7.27. The second-order valence-electron chi connectivity index (χ2n) is 5.56. The zero-order valence-corrected chi connectivity index (χ0v) is 12.5.